The normalized spacial score (nSPS) is 13.4. The van der Waals surface area contributed by atoms with Gasteiger partial charge < -0.3 is 10.2 Å². The van der Waals surface area contributed by atoms with Gasteiger partial charge in [0.25, 0.3) is 0 Å². The molecule has 0 aliphatic heterocycles. The summed E-state index contributed by atoms with van der Waals surface area (Å²) in [6, 6.07) is 14.3. The highest BCUT2D eigenvalue weighted by Gasteiger charge is 2.32. The lowest BCUT2D eigenvalue weighted by atomic mass is 10.1. The maximum absolute atomic E-state index is 12.9. The van der Waals surface area contributed by atoms with E-state index in [0.717, 1.165) is 24.1 Å². The molecule has 0 bridgehead atoms. The Kier molecular flexibility index (Phi) is 4.86. The molecule has 0 saturated heterocycles. The van der Waals surface area contributed by atoms with Crippen molar-refractivity contribution in [2.75, 3.05) is 5.32 Å². The summed E-state index contributed by atoms with van der Waals surface area (Å²) in [5.74, 6) is 0.676. The molecule has 1 aliphatic rings. The average molecular weight is 375 g/mol. The van der Waals surface area contributed by atoms with E-state index in [4.69, 9.17) is 0 Å². The fourth-order valence-corrected chi connectivity index (χ4v) is 3.22. The highest BCUT2D eigenvalue weighted by molar-refractivity contribution is 5.90. The molecule has 0 atom stereocenters. The van der Waals surface area contributed by atoms with Gasteiger partial charge in [0.2, 0.25) is 0 Å². The minimum absolute atomic E-state index is 0.0514. The zero-order valence-corrected chi connectivity index (χ0v) is 16.5. The van der Waals surface area contributed by atoms with Crippen LogP contribution in [0.1, 0.15) is 29.5 Å². The Balaban J connectivity index is 1.45. The largest absolute Gasteiger partial charge is 0.322 e. The second kappa shape index (κ2) is 7.46. The van der Waals surface area contributed by atoms with Crippen molar-refractivity contribution >= 4 is 11.7 Å². The van der Waals surface area contributed by atoms with E-state index >= 15 is 0 Å². The molecule has 0 radical (unpaired) electrons. The first-order valence-corrected chi connectivity index (χ1v) is 9.59. The molecule has 28 heavy (non-hydrogen) atoms. The van der Waals surface area contributed by atoms with Gasteiger partial charge in [0, 0.05) is 30.9 Å². The van der Waals surface area contributed by atoms with Crippen LogP contribution in [0.5, 0.6) is 0 Å². The number of carbonyl (C=O) groups excluding carboxylic acids is 1. The molecule has 1 aromatic heterocycles. The molecule has 0 spiro atoms. The predicted octanol–water partition coefficient (Wildman–Crippen LogP) is 4.30. The van der Waals surface area contributed by atoms with E-state index < -0.39 is 0 Å². The summed E-state index contributed by atoms with van der Waals surface area (Å²) in [5, 5.41) is 7.34. The van der Waals surface area contributed by atoms with E-state index in [1.165, 1.54) is 16.7 Å². The lowest BCUT2D eigenvalue weighted by molar-refractivity contribution is 0.206. The highest BCUT2D eigenvalue weighted by Crippen LogP contribution is 2.29. The third-order valence-corrected chi connectivity index (χ3v) is 5.17. The third-order valence-electron chi connectivity index (χ3n) is 5.17. The van der Waals surface area contributed by atoms with Gasteiger partial charge in [0.1, 0.15) is 6.33 Å². The van der Waals surface area contributed by atoms with E-state index in [-0.39, 0.29) is 6.03 Å². The molecule has 1 heterocycles. The number of hydrogen-bond acceptors (Lipinski definition) is 3. The zero-order valence-electron chi connectivity index (χ0n) is 16.5. The second-order valence-electron chi connectivity index (χ2n) is 7.53. The number of aryl methyl sites for hydroxylation is 3. The number of urea groups is 1. The molecule has 3 aromatic rings. The molecule has 1 saturated carbocycles. The molecule has 144 valence electrons. The van der Waals surface area contributed by atoms with Crippen molar-refractivity contribution in [3.05, 3.63) is 65.5 Å². The first-order valence-electron chi connectivity index (χ1n) is 9.59. The maximum atomic E-state index is 12.9. The average Bonchev–Trinajstić information content (AvgIpc) is 3.43. The van der Waals surface area contributed by atoms with Gasteiger partial charge >= 0.3 is 6.03 Å². The Morgan fingerprint density at radius 3 is 2.50 bits per heavy atom. The summed E-state index contributed by atoms with van der Waals surface area (Å²) >= 11 is 0. The van der Waals surface area contributed by atoms with Crippen LogP contribution in [0.25, 0.3) is 11.4 Å². The third kappa shape index (κ3) is 4.06. The van der Waals surface area contributed by atoms with Crippen LogP contribution in [-0.2, 0) is 13.6 Å². The van der Waals surface area contributed by atoms with E-state index in [1.807, 2.05) is 36.2 Å². The molecule has 4 rings (SSSR count). The summed E-state index contributed by atoms with van der Waals surface area (Å²) in [7, 11) is 1.84. The van der Waals surface area contributed by atoms with Crippen molar-refractivity contribution in [2.45, 2.75) is 39.3 Å². The first-order chi connectivity index (χ1) is 13.5. The zero-order chi connectivity index (χ0) is 19.7. The molecule has 6 nitrogen and oxygen atoms in total. The van der Waals surface area contributed by atoms with Gasteiger partial charge in [-0.1, -0.05) is 18.2 Å². The van der Waals surface area contributed by atoms with Gasteiger partial charge in [-0.25, -0.2) is 9.78 Å². The molecule has 1 aliphatic carbocycles. The van der Waals surface area contributed by atoms with Crippen molar-refractivity contribution in [1.29, 1.82) is 0 Å². The van der Waals surface area contributed by atoms with Crippen LogP contribution in [0, 0.1) is 13.8 Å². The molecule has 2 amide bonds. The number of carbonyl (C=O) groups is 1. The van der Waals surface area contributed by atoms with Crippen molar-refractivity contribution in [3.8, 4) is 11.4 Å². The summed E-state index contributed by atoms with van der Waals surface area (Å²) in [6.45, 7) is 4.85. The predicted molar refractivity (Wildman–Crippen MR) is 110 cm³/mol. The Labute approximate surface area is 165 Å². The fraction of sp³-hybridized carbons (Fsp3) is 0.318. The van der Waals surface area contributed by atoms with E-state index in [9.17, 15) is 4.79 Å². The van der Waals surface area contributed by atoms with Crippen molar-refractivity contribution in [3.63, 3.8) is 0 Å². The molecule has 0 unspecified atom stereocenters. The number of nitrogens with one attached hydrogen (secondary N) is 1. The quantitative estimate of drug-likeness (QED) is 0.723. The molecule has 6 heteroatoms. The highest BCUT2D eigenvalue weighted by atomic mass is 16.2. The molecular weight excluding hydrogens is 350 g/mol. The Morgan fingerprint density at radius 1 is 1.14 bits per heavy atom. The topological polar surface area (TPSA) is 63.1 Å². The van der Waals surface area contributed by atoms with Gasteiger partial charge in [-0.05, 0) is 67.6 Å². The number of hydrogen-bond donors (Lipinski definition) is 1. The number of aromatic nitrogens is 3. The van der Waals surface area contributed by atoms with Crippen LogP contribution in [0.4, 0.5) is 10.5 Å². The summed E-state index contributed by atoms with van der Waals surface area (Å²) in [6.07, 6.45) is 3.82. The minimum Gasteiger partial charge on any atom is -0.317 e. The van der Waals surface area contributed by atoms with Crippen LogP contribution >= 0.6 is 0 Å². The number of anilines is 1. The van der Waals surface area contributed by atoms with Crippen LogP contribution in [0.15, 0.2) is 48.8 Å². The number of benzene rings is 2. The van der Waals surface area contributed by atoms with Gasteiger partial charge in [-0.3, -0.25) is 4.68 Å². The lowest BCUT2D eigenvalue weighted by Crippen LogP contribution is -2.36. The Bertz CT molecular complexity index is 988. The number of rotatable bonds is 5. The van der Waals surface area contributed by atoms with Gasteiger partial charge in [0.15, 0.2) is 5.82 Å². The first kappa shape index (κ1) is 18.2. The maximum Gasteiger partial charge on any atom is 0.322 e. The van der Waals surface area contributed by atoms with E-state index in [0.29, 0.717) is 18.4 Å². The lowest BCUT2D eigenvalue weighted by Gasteiger charge is -2.23. The Hall–Kier alpha value is -3.15. The summed E-state index contributed by atoms with van der Waals surface area (Å²) < 4.78 is 1.67. The van der Waals surface area contributed by atoms with Gasteiger partial charge in [-0.15, -0.1) is 0 Å². The number of nitrogens with zero attached hydrogens (tertiary/aromatic N) is 4. The van der Waals surface area contributed by atoms with Crippen molar-refractivity contribution < 1.29 is 4.79 Å². The minimum atomic E-state index is -0.0514. The second-order valence-corrected chi connectivity index (χ2v) is 7.53. The Morgan fingerprint density at radius 2 is 1.89 bits per heavy atom. The SMILES string of the molecule is Cc1ccc(CN(C(=O)Nc2ccc(-c3ncn(C)n3)cc2)C2CC2)cc1C. The van der Waals surface area contributed by atoms with Crippen LogP contribution < -0.4 is 5.32 Å². The van der Waals surface area contributed by atoms with Crippen molar-refractivity contribution in [2.24, 2.45) is 7.05 Å². The van der Waals surface area contributed by atoms with Crippen LogP contribution in [0.2, 0.25) is 0 Å². The van der Waals surface area contributed by atoms with Crippen LogP contribution in [-0.4, -0.2) is 31.7 Å². The summed E-state index contributed by atoms with van der Waals surface area (Å²) in [5.41, 5.74) is 5.39. The van der Waals surface area contributed by atoms with E-state index in [1.54, 1.807) is 11.0 Å². The molecule has 1 fully saturated rings. The molecule has 1 N–H and O–H groups in total. The van der Waals surface area contributed by atoms with Crippen molar-refractivity contribution in [1.82, 2.24) is 19.7 Å². The monoisotopic (exact) mass is 375 g/mol. The smallest absolute Gasteiger partial charge is 0.317 e. The summed E-state index contributed by atoms with van der Waals surface area (Å²) in [4.78, 5) is 19.1. The standard InChI is InChI=1S/C22H25N5O/c1-15-4-5-17(12-16(15)2)13-27(20-10-11-20)22(28)24-19-8-6-18(7-9-19)21-23-14-26(3)25-21/h4-9,12,14,20H,10-11,13H2,1-3H3,(H,24,28). The molecular formula is C22H25N5O. The fourth-order valence-electron chi connectivity index (χ4n) is 3.22. The van der Waals surface area contributed by atoms with E-state index in [2.05, 4.69) is 47.4 Å². The van der Waals surface area contributed by atoms with Gasteiger partial charge in [0.05, 0.1) is 0 Å². The molecule has 2 aromatic carbocycles. The van der Waals surface area contributed by atoms with Gasteiger partial charge in [-0.2, -0.15) is 5.10 Å². The number of amides is 2. The van der Waals surface area contributed by atoms with Crippen LogP contribution in [0.3, 0.4) is 0 Å².